The normalized spacial score (nSPS) is 14.3. The second-order valence-electron chi connectivity index (χ2n) is 5.89. The van der Waals surface area contributed by atoms with Crippen molar-refractivity contribution in [2.75, 3.05) is 11.9 Å². The van der Waals surface area contributed by atoms with Gasteiger partial charge in [-0.25, -0.2) is 9.18 Å². The third kappa shape index (κ3) is 5.59. The molecule has 1 aromatic carbocycles. The zero-order valence-corrected chi connectivity index (χ0v) is 12.8. The number of halogens is 1. The first kappa shape index (κ1) is 18.3. The Hall–Kier alpha value is -1.70. The Bertz CT molecular complexity index is 515. The maximum Gasteiger partial charge on any atom is 0.412 e. The van der Waals surface area contributed by atoms with Gasteiger partial charge in [0.15, 0.2) is 0 Å². The molecule has 0 saturated carbocycles. The lowest BCUT2D eigenvalue weighted by Crippen LogP contribution is -2.27. The summed E-state index contributed by atoms with van der Waals surface area (Å²) in [5.74, 6) is -0.765. The summed E-state index contributed by atoms with van der Waals surface area (Å²) in [6.07, 6.45) is -3.34. The van der Waals surface area contributed by atoms with Crippen molar-refractivity contribution in [3.8, 4) is 0 Å². The molecule has 0 radical (unpaired) electrons. The molecule has 124 valence electrons. The number of carbonyl (C=O) groups is 1. The van der Waals surface area contributed by atoms with Crippen molar-refractivity contribution in [1.82, 2.24) is 0 Å². The van der Waals surface area contributed by atoms with Crippen molar-refractivity contribution >= 4 is 11.8 Å². The quantitative estimate of drug-likeness (QED) is 0.665. The summed E-state index contributed by atoms with van der Waals surface area (Å²) in [7, 11) is 0. The van der Waals surface area contributed by atoms with Crippen LogP contribution in [0, 0.1) is 5.82 Å². The predicted octanol–water partition coefficient (Wildman–Crippen LogP) is 1.95. The van der Waals surface area contributed by atoms with Crippen molar-refractivity contribution in [1.29, 1.82) is 0 Å². The molecule has 0 aliphatic rings. The highest BCUT2D eigenvalue weighted by molar-refractivity contribution is 5.85. The van der Waals surface area contributed by atoms with E-state index in [9.17, 15) is 19.4 Å². The fraction of sp³-hybridized carbons (Fsp3) is 0.533. The summed E-state index contributed by atoms with van der Waals surface area (Å²) in [5.41, 5.74) is -0.652. The Labute approximate surface area is 128 Å². The van der Waals surface area contributed by atoms with E-state index in [1.165, 1.54) is 12.1 Å². The summed E-state index contributed by atoms with van der Waals surface area (Å²) >= 11 is 0. The van der Waals surface area contributed by atoms with Gasteiger partial charge in [-0.3, -0.25) is 5.32 Å². The molecule has 0 aliphatic heterocycles. The van der Waals surface area contributed by atoms with Gasteiger partial charge in [-0.15, -0.1) is 0 Å². The molecular formula is C15H22FNO5. The van der Waals surface area contributed by atoms with Crippen LogP contribution >= 0.6 is 0 Å². The van der Waals surface area contributed by atoms with Crippen LogP contribution in [0.3, 0.4) is 0 Å². The lowest BCUT2D eigenvalue weighted by molar-refractivity contribution is 0.00409. The Kier molecular flexibility index (Phi) is 6.28. The molecule has 1 aromatic rings. The highest BCUT2D eigenvalue weighted by atomic mass is 19.1. The Morgan fingerprint density at radius 2 is 2.00 bits per heavy atom. The average Bonchev–Trinajstić information content (AvgIpc) is 2.38. The Morgan fingerprint density at radius 3 is 2.50 bits per heavy atom. The molecule has 0 fully saturated rings. The SMILES string of the molecule is CC(C)(C)OC(=O)Nc1ccc(C(O)C(O)CCO)cc1F. The first-order valence-corrected chi connectivity index (χ1v) is 6.90. The van der Waals surface area contributed by atoms with Crippen molar-refractivity contribution in [3.63, 3.8) is 0 Å². The first-order chi connectivity index (χ1) is 10.1. The number of rotatable bonds is 5. The van der Waals surface area contributed by atoms with Gasteiger partial charge < -0.3 is 20.1 Å². The fourth-order valence-electron chi connectivity index (χ4n) is 1.74. The van der Waals surface area contributed by atoms with Gasteiger partial charge in [0.1, 0.15) is 17.5 Å². The third-order valence-corrected chi connectivity index (χ3v) is 2.76. The van der Waals surface area contributed by atoms with Gasteiger partial charge in [0.25, 0.3) is 0 Å². The molecule has 4 N–H and O–H groups in total. The number of hydrogen-bond donors (Lipinski definition) is 4. The minimum atomic E-state index is -1.32. The molecule has 0 saturated heterocycles. The van der Waals surface area contributed by atoms with E-state index in [0.29, 0.717) is 0 Å². The molecule has 0 spiro atoms. The number of ether oxygens (including phenoxy) is 1. The Morgan fingerprint density at radius 1 is 1.36 bits per heavy atom. The number of anilines is 1. The molecule has 0 aromatic heterocycles. The summed E-state index contributed by atoms with van der Waals surface area (Å²) in [6.45, 7) is 4.76. The van der Waals surface area contributed by atoms with Gasteiger partial charge in [0.05, 0.1) is 11.8 Å². The lowest BCUT2D eigenvalue weighted by atomic mass is 10.0. The smallest absolute Gasteiger partial charge is 0.412 e. The molecule has 1 amide bonds. The zero-order chi connectivity index (χ0) is 16.9. The molecule has 0 aliphatic carbocycles. The molecule has 1 rings (SSSR count). The molecular weight excluding hydrogens is 293 g/mol. The van der Waals surface area contributed by atoms with E-state index in [1.807, 2.05) is 0 Å². The summed E-state index contributed by atoms with van der Waals surface area (Å²) in [4.78, 5) is 11.6. The highest BCUT2D eigenvalue weighted by Gasteiger charge is 2.21. The molecule has 0 bridgehead atoms. The lowest BCUT2D eigenvalue weighted by Gasteiger charge is -2.20. The minimum absolute atomic E-state index is 0.0271. The maximum atomic E-state index is 13.9. The van der Waals surface area contributed by atoms with E-state index in [4.69, 9.17) is 9.84 Å². The van der Waals surface area contributed by atoms with Crippen LogP contribution in [0.4, 0.5) is 14.9 Å². The van der Waals surface area contributed by atoms with Gasteiger partial charge >= 0.3 is 6.09 Å². The number of benzene rings is 1. The number of aliphatic hydroxyl groups is 3. The molecule has 2 unspecified atom stereocenters. The number of carbonyl (C=O) groups excluding carboxylic acids is 1. The van der Waals surface area contributed by atoms with Crippen molar-refractivity contribution in [2.24, 2.45) is 0 Å². The van der Waals surface area contributed by atoms with Crippen LogP contribution in [-0.2, 0) is 4.74 Å². The number of aliphatic hydroxyl groups excluding tert-OH is 3. The van der Waals surface area contributed by atoms with Gasteiger partial charge in [0.2, 0.25) is 0 Å². The van der Waals surface area contributed by atoms with E-state index in [-0.39, 0.29) is 24.3 Å². The second-order valence-corrected chi connectivity index (χ2v) is 5.89. The molecule has 0 heterocycles. The third-order valence-electron chi connectivity index (χ3n) is 2.76. The standard InChI is InChI=1S/C15H22FNO5/c1-15(2,3)22-14(21)17-11-5-4-9(8-10(11)16)13(20)12(19)6-7-18/h4-5,8,12-13,18-20H,6-7H2,1-3H3,(H,17,21). The maximum absolute atomic E-state index is 13.9. The minimum Gasteiger partial charge on any atom is -0.444 e. The number of amides is 1. The van der Waals surface area contributed by atoms with Gasteiger partial charge in [0, 0.05) is 6.61 Å². The van der Waals surface area contributed by atoms with Crippen LogP contribution in [0.15, 0.2) is 18.2 Å². The topological polar surface area (TPSA) is 99.0 Å². The van der Waals surface area contributed by atoms with Crippen molar-refractivity contribution < 1.29 is 29.2 Å². The summed E-state index contributed by atoms with van der Waals surface area (Å²) in [6, 6.07) is 3.66. The molecule has 2 atom stereocenters. The van der Waals surface area contributed by atoms with E-state index >= 15 is 0 Å². The summed E-state index contributed by atoms with van der Waals surface area (Å²) in [5, 5.41) is 30.4. The van der Waals surface area contributed by atoms with Gasteiger partial charge in [-0.1, -0.05) is 6.07 Å². The average molecular weight is 315 g/mol. The van der Waals surface area contributed by atoms with Crippen molar-refractivity contribution in [3.05, 3.63) is 29.6 Å². The monoisotopic (exact) mass is 315 g/mol. The van der Waals surface area contributed by atoms with E-state index in [0.717, 1.165) is 6.07 Å². The van der Waals surface area contributed by atoms with Crippen LogP contribution in [0.5, 0.6) is 0 Å². The van der Waals surface area contributed by atoms with Crippen LogP contribution in [0.1, 0.15) is 38.9 Å². The predicted molar refractivity (Wildman–Crippen MR) is 78.9 cm³/mol. The number of nitrogens with one attached hydrogen (secondary N) is 1. The van der Waals surface area contributed by atoms with Crippen LogP contribution < -0.4 is 5.32 Å². The molecule has 7 heteroatoms. The molecule has 6 nitrogen and oxygen atoms in total. The fourth-order valence-corrected chi connectivity index (χ4v) is 1.74. The van der Waals surface area contributed by atoms with E-state index in [1.54, 1.807) is 20.8 Å². The largest absolute Gasteiger partial charge is 0.444 e. The van der Waals surface area contributed by atoms with Crippen LogP contribution in [-0.4, -0.2) is 39.7 Å². The number of hydrogen-bond acceptors (Lipinski definition) is 5. The van der Waals surface area contributed by atoms with E-state index in [2.05, 4.69) is 5.32 Å². The highest BCUT2D eigenvalue weighted by Crippen LogP contribution is 2.24. The Balaban J connectivity index is 2.79. The molecule has 22 heavy (non-hydrogen) atoms. The van der Waals surface area contributed by atoms with Crippen molar-refractivity contribution in [2.45, 2.75) is 45.0 Å². The zero-order valence-electron chi connectivity index (χ0n) is 12.8. The van der Waals surface area contributed by atoms with Gasteiger partial charge in [-0.05, 0) is 44.9 Å². The second kappa shape index (κ2) is 7.53. The van der Waals surface area contributed by atoms with Gasteiger partial charge in [-0.2, -0.15) is 0 Å². The van der Waals surface area contributed by atoms with E-state index < -0.39 is 29.7 Å². The van der Waals surface area contributed by atoms with Crippen LogP contribution in [0.2, 0.25) is 0 Å². The summed E-state index contributed by atoms with van der Waals surface area (Å²) < 4.78 is 19.0. The van der Waals surface area contributed by atoms with Crippen LogP contribution in [0.25, 0.3) is 0 Å². The first-order valence-electron chi connectivity index (χ1n) is 6.90.